The van der Waals surface area contributed by atoms with E-state index >= 15 is 0 Å². The van der Waals surface area contributed by atoms with Crippen LogP contribution in [0.3, 0.4) is 0 Å². The van der Waals surface area contributed by atoms with E-state index in [2.05, 4.69) is 15.8 Å². The molecular weight excluding hydrogens is 318 g/mol. The van der Waals surface area contributed by atoms with E-state index in [1.54, 1.807) is 0 Å². The van der Waals surface area contributed by atoms with Crippen LogP contribution in [-0.2, 0) is 6.42 Å². The van der Waals surface area contributed by atoms with Crippen LogP contribution in [0.5, 0.6) is 5.75 Å². The number of amides is 2. The maximum atomic E-state index is 12.1. The van der Waals surface area contributed by atoms with Gasteiger partial charge in [-0.25, -0.2) is 4.79 Å². The van der Waals surface area contributed by atoms with E-state index in [0.29, 0.717) is 13.0 Å². The second kappa shape index (κ2) is 8.55. The van der Waals surface area contributed by atoms with Gasteiger partial charge in [-0.3, -0.25) is 0 Å². The van der Waals surface area contributed by atoms with Crippen LogP contribution in [-0.4, -0.2) is 29.9 Å². The number of ether oxygens (including phenoxy) is 1. The molecule has 6 nitrogen and oxygen atoms in total. The summed E-state index contributed by atoms with van der Waals surface area (Å²) < 4.78 is 10.8. The number of nitrogens with zero attached hydrogens (tertiary/aromatic N) is 1. The molecule has 2 N–H and O–H groups in total. The maximum absolute atomic E-state index is 12.1. The Balaban J connectivity index is 1.74. The van der Waals surface area contributed by atoms with Gasteiger partial charge in [-0.15, -0.1) is 0 Å². The number of hydrogen-bond acceptors (Lipinski definition) is 4. The zero-order valence-corrected chi connectivity index (χ0v) is 15.6. The van der Waals surface area contributed by atoms with Crippen LogP contribution in [0.2, 0.25) is 0 Å². The Morgan fingerprint density at radius 2 is 1.76 bits per heavy atom. The van der Waals surface area contributed by atoms with Crippen molar-refractivity contribution in [1.82, 2.24) is 15.8 Å². The molecule has 0 spiro atoms. The normalized spacial score (nSPS) is 13.2. The first-order valence-corrected chi connectivity index (χ1v) is 8.53. The minimum atomic E-state index is -0.209. The maximum Gasteiger partial charge on any atom is 0.315 e. The molecule has 1 aromatic carbocycles. The van der Waals surface area contributed by atoms with Crippen molar-refractivity contribution in [3.63, 3.8) is 0 Å². The van der Waals surface area contributed by atoms with Crippen LogP contribution >= 0.6 is 0 Å². The van der Waals surface area contributed by atoms with Crippen LogP contribution < -0.4 is 15.4 Å². The van der Waals surface area contributed by atoms with Crippen LogP contribution in [0.1, 0.15) is 36.4 Å². The molecule has 1 aromatic heterocycles. The highest BCUT2D eigenvalue weighted by molar-refractivity contribution is 5.74. The number of urea groups is 1. The summed E-state index contributed by atoms with van der Waals surface area (Å²) in [6.45, 7) is 10.1. The zero-order valence-electron chi connectivity index (χ0n) is 15.6. The standard InChI is InChI=1S/C19H27N3O3/c1-12-6-8-17(9-7-12)24-11-14(3)21-19(23)20-13(2)10-18-15(4)22-25-16(18)5/h6-9,13-14H,10-11H2,1-5H3,(H2,20,21,23)/t13-,14+/m0/s1. The van der Waals surface area contributed by atoms with Gasteiger partial charge < -0.3 is 19.9 Å². The van der Waals surface area contributed by atoms with Crippen molar-refractivity contribution in [2.24, 2.45) is 0 Å². The minimum Gasteiger partial charge on any atom is -0.491 e. The summed E-state index contributed by atoms with van der Waals surface area (Å²) in [5.41, 5.74) is 3.10. The number of aromatic nitrogens is 1. The summed E-state index contributed by atoms with van der Waals surface area (Å²) in [6.07, 6.45) is 0.683. The molecule has 0 saturated heterocycles. The van der Waals surface area contributed by atoms with Gasteiger partial charge in [-0.2, -0.15) is 0 Å². The van der Waals surface area contributed by atoms with Crippen LogP contribution in [0.4, 0.5) is 4.79 Å². The quantitative estimate of drug-likeness (QED) is 0.807. The molecule has 2 aromatic rings. The lowest BCUT2D eigenvalue weighted by atomic mass is 10.1. The molecule has 6 heteroatoms. The van der Waals surface area contributed by atoms with E-state index in [9.17, 15) is 4.79 Å². The average Bonchev–Trinajstić information content (AvgIpc) is 2.86. The van der Waals surface area contributed by atoms with Crippen LogP contribution in [0, 0.1) is 20.8 Å². The van der Waals surface area contributed by atoms with Gasteiger partial charge in [0.2, 0.25) is 0 Å². The Kier molecular flexibility index (Phi) is 6.44. The average molecular weight is 345 g/mol. The van der Waals surface area contributed by atoms with Gasteiger partial charge in [-0.1, -0.05) is 22.9 Å². The molecule has 0 fully saturated rings. The van der Waals surface area contributed by atoms with Gasteiger partial charge in [0, 0.05) is 11.6 Å². The monoisotopic (exact) mass is 345 g/mol. The van der Waals surface area contributed by atoms with E-state index in [1.165, 1.54) is 5.56 Å². The van der Waals surface area contributed by atoms with E-state index in [0.717, 1.165) is 22.8 Å². The molecule has 136 valence electrons. The number of rotatable bonds is 7. The van der Waals surface area contributed by atoms with Crippen LogP contribution in [0.15, 0.2) is 28.8 Å². The smallest absolute Gasteiger partial charge is 0.315 e. The van der Waals surface area contributed by atoms with Crippen molar-refractivity contribution in [2.45, 2.75) is 53.1 Å². The summed E-state index contributed by atoms with van der Waals surface area (Å²) in [5.74, 6) is 1.60. The number of carbonyl (C=O) groups is 1. The number of carbonyl (C=O) groups excluding carboxylic acids is 1. The molecule has 0 aliphatic rings. The third-order valence-corrected chi connectivity index (χ3v) is 3.97. The number of nitrogens with one attached hydrogen (secondary N) is 2. The molecule has 0 saturated carbocycles. The highest BCUT2D eigenvalue weighted by Gasteiger charge is 2.15. The first-order valence-electron chi connectivity index (χ1n) is 8.53. The Morgan fingerprint density at radius 1 is 1.12 bits per heavy atom. The summed E-state index contributed by atoms with van der Waals surface area (Å²) in [5, 5.41) is 9.76. The summed E-state index contributed by atoms with van der Waals surface area (Å²) in [4.78, 5) is 12.1. The number of aryl methyl sites for hydroxylation is 3. The molecule has 2 amide bonds. The largest absolute Gasteiger partial charge is 0.491 e. The number of benzene rings is 1. The Labute approximate surface area is 148 Å². The molecule has 0 aliphatic heterocycles. The fraction of sp³-hybridized carbons (Fsp3) is 0.474. The van der Waals surface area contributed by atoms with Crippen molar-refractivity contribution in [1.29, 1.82) is 0 Å². The minimum absolute atomic E-state index is 0.0259. The van der Waals surface area contributed by atoms with Crippen molar-refractivity contribution >= 4 is 6.03 Å². The molecular formula is C19H27N3O3. The molecule has 0 bridgehead atoms. The first-order chi connectivity index (χ1) is 11.8. The Morgan fingerprint density at radius 3 is 2.36 bits per heavy atom. The van der Waals surface area contributed by atoms with Gasteiger partial charge in [0.15, 0.2) is 0 Å². The lowest BCUT2D eigenvalue weighted by molar-refractivity contribution is 0.223. The van der Waals surface area contributed by atoms with E-state index in [4.69, 9.17) is 9.26 Å². The lowest BCUT2D eigenvalue weighted by Crippen LogP contribution is -2.46. The van der Waals surface area contributed by atoms with Crippen molar-refractivity contribution < 1.29 is 14.1 Å². The van der Waals surface area contributed by atoms with E-state index in [-0.39, 0.29) is 18.1 Å². The van der Waals surface area contributed by atoms with Gasteiger partial charge in [0.25, 0.3) is 0 Å². The Hall–Kier alpha value is -2.50. The predicted molar refractivity (Wildman–Crippen MR) is 96.9 cm³/mol. The number of hydrogen-bond donors (Lipinski definition) is 2. The highest BCUT2D eigenvalue weighted by atomic mass is 16.5. The lowest BCUT2D eigenvalue weighted by Gasteiger charge is -2.18. The molecule has 1 heterocycles. The van der Waals surface area contributed by atoms with E-state index < -0.39 is 0 Å². The van der Waals surface area contributed by atoms with Crippen LogP contribution in [0.25, 0.3) is 0 Å². The predicted octanol–water partition coefficient (Wildman–Crippen LogP) is 3.30. The summed E-state index contributed by atoms with van der Waals surface area (Å²) >= 11 is 0. The van der Waals surface area contributed by atoms with Gasteiger partial charge in [0.1, 0.15) is 18.1 Å². The molecule has 2 rings (SSSR count). The molecule has 0 aliphatic carbocycles. The Bertz CT molecular complexity index is 675. The molecule has 2 atom stereocenters. The van der Waals surface area contributed by atoms with Gasteiger partial charge in [0.05, 0.1) is 11.7 Å². The van der Waals surface area contributed by atoms with Crippen molar-refractivity contribution in [3.05, 3.63) is 46.8 Å². The topological polar surface area (TPSA) is 76.4 Å². The van der Waals surface area contributed by atoms with Gasteiger partial charge in [-0.05, 0) is 53.2 Å². The third kappa shape index (κ3) is 5.81. The van der Waals surface area contributed by atoms with Crippen molar-refractivity contribution in [3.8, 4) is 5.75 Å². The summed E-state index contributed by atoms with van der Waals surface area (Å²) in [6, 6.07) is 7.50. The van der Waals surface area contributed by atoms with Gasteiger partial charge >= 0.3 is 6.03 Å². The first kappa shape index (κ1) is 18.8. The third-order valence-electron chi connectivity index (χ3n) is 3.97. The fourth-order valence-electron chi connectivity index (χ4n) is 2.54. The van der Waals surface area contributed by atoms with E-state index in [1.807, 2.05) is 58.9 Å². The molecule has 0 radical (unpaired) electrons. The second-order valence-corrected chi connectivity index (χ2v) is 6.55. The van der Waals surface area contributed by atoms with Crippen molar-refractivity contribution in [2.75, 3.05) is 6.61 Å². The summed E-state index contributed by atoms with van der Waals surface area (Å²) in [7, 11) is 0. The fourth-order valence-corrected chi connectivity index (χ4v) is 2.54. The highest BCUT2D eigenvalue weighted by Crippen LogP contribution is 2.14. The molecule has 0 unspecified atom stereocenters. The SMILES string of the molecule is Cc1ccc(OC[C@@H](C)NC(=O)N[C@@H](C)Cc2c(C)noc2C)cc1. The second-order valence-electron chi connectivity index (χ2n) is 6.55. The molecule has 25 heavy (non-hydrogen) atoms. The zero-order chi connectivity index (χ0) is 18.4.